The molecule has 0 aliphatic rings. The van der Waals surface area contributed by atoms with Gasteiger partial charge in [0.05, 0.1) is 24.0 Å². The third-order valence-corrected chi connectivity index (χ3v) is 3.35. The van der Waals surface area contributed by atoms with Crippen molar-refractivity contribution in [3.05, 3.63) is 29.6 Å². The van der Waals surface area contributed by atoms with E-state index in [0.29, 0.717) is 6.61 Å². The number of benzene rings is 1. The highest BCUT2D eigenvalue weighted by Crippen LogP contribution is 2.18. The Balaban J connectivity index is 1.92. The fraction of sp³-hybridized carbons (Fsp3) is 0.533. The summed E-state index contributed by atoms with van der Waals surface area (Å²) in [6.45, 7) is 7.30. The SMILES string of the molecule is COCCCOCCn1cnc2cc(C)c(C)cc21. The van der Waals surface area contributed by atoms with Crippen molar-refractivity contribution in [2.45, 2.75) is 26.8 Å². The largest absolute Gasteiger partial charge is 0.385 e. The minimum Gasteiger partial charge on any atom is -0.385 e. The molecule has 0 atom stereocenters. The van der Waals surface area contributed by atoms with Crippen LogP contribution in [0.15, 0.2) is 18.5 Å². The van der Waals surface area contributed by atoms with Crippen LogP contribution in [0.3, 0.4) is 0 Å². The fourth-order valence-electron chi connectivity index (χ4n) is 2.06. The Labute approximate surface area is 114 Å². The molecule has 2 rings (SSSR count). The van der Waals surface area contributed by atoms with Crippen molar-refractivity contribution in [2.24, 2.45) is 0 Å². The van der Waals surface area contributed by atoms with Crippen molar-refractivity contribution in [2.75, 3.05) is 26.9 Å². The minimum atomic E-state index is 0.710. The van der Waals surface area contributed by atoms with E-state index in [0.717, 1.165) is 31.7 Å². The van der Waals surface area contributed by atoms with Gasteiger partial charge in [0.1, 0.15) is 0 Å². The number of aromatic nitrogens is 2. The van der Waals surface area contributed by atoms with Crippen LogP contribution in [0.2, 0.25) is 0 Å². The molecule has 0 fully saturated rings. The van der Waals surface area contributed by atoms with Crippen LogP contribution in [0, 0.1) is 13.8 Å². The maximum atomic E-state index is 5.58. The van der Waals surface area contributed by atoms with Crippen LogP contribution in [0.5, 0.6) is 0 Å². The maximum Gasteiger partial charge on any atom is 0.0959 e. The molecule has 1 aromatic heterocycles. The first-order valence-corrected chi connectivity index (χ1v) is 6.71. The average molecular weight is 262 g/mol. The molecule has 0 spiro atoms. The minimum absolute atomic E-state index is 0.710. The van der Waals surface area contributed by atoms with Gasteiger partial charge in [0.2, 0.25) is 0 Å². The molecule has 0 aliphatic heterocycles. The Bertz CT molecular complexity index is 534. The molecule has 19 heavy (non-hydrogen) atoms. The molecule has 1 aromatic carbocycles. The van der Waals surface area contributed by atoms with Gasteiger partial charge in [-0.1, -0.05) is 0 Å². The molecule has 0 aliphatic carbocycles. The second-order valence-corrected chi connectivity index (χ2v) is 4.82. The first-order chi connectivity index (χ1) is 9.22. The van der Waals surface area contributed by atoms with Crippen LogP contribution >= 0.6 is 0 Å². The van der Waals surface area contributed by atoms with E-state index in [1.54, 1.807) is 7.11 Å². The molecule has 0 bridgehead atoms. The molecule has 0 unspecified atom stereocenters. The third-order valence-electron chi connectivity index (χ3n) is 3.35. The summed E-state index contributed by atoms with van der Waals surface area (Å²) in [6, 6.07) is 4.34. The first-order valence-electron chi connectivity index (χ1n) is 6.71. The summed E-state index contributed by atoms with van der Waals surface area (Å²) < 4.78 is 12.7. The van der Waals surface area contributed by atoms with Crippen LogP contribution in [0.1, 0.15) is 17.5 Å². The fourth-order valence-corrected chi connectivity index (χ4v) is 2.06. The molecule has 4 nitrogen and oxygen atoms in total. The van der Waals surface area contributed by atoms with E-state index >= 15 is 0 Å². The summed E-state index contributed by atoms with van der Waals surface area (Å²) in [5.41, 5.74) is 4.83. The maximum absolute atomic E-state index is 5.58. The molecule has 1 heterocycles. The molecule has 0 saturated carbocycles. The highest BCUT2D eigenvalue weighted by molar-refractivity contribution is 5.77. The summed E-state index contributed by atoms with van der Waals surface area (Å²) in [5.74, 6) is 0. The van der Waals surface area contributed by atoms with Crippen molar-refractivity contribution in [1.29, 1.82) is 0 Å². The van der Waals surface area contributed by atoms with Crippen molar-refractivity contribution in [1.82, 2.24) is 9.55 Å². The van der Waals surface area contributed by atoms with E-state index in [9.17, 15) is 0 Å². The average Bonchev–Trinajstić information content (AvgIpc) is 2.77. The number of rotatable bonds is 7. The number of aryl methyl sites for hydroxylation is 2. The van der Waals surface area contributed by atoms with Gasteiger partial charge in [-0.3, -0.25) is 0 Å². The summed E-state index contributed by atoms with van der Waals surface area (Å²) in [6.07, 6.45) is 2.83. The van der Waals surface area contributed by atoms with Crippen LogP contribution in [-0.4, -0.2) is 36.5 Å². The van der Waals surface area contributed by atoms with E-state index in [-0.39, 0.29) is 0 Å². The second kappa shape index (κ2) is 6.68. The second-order valence-electron chi connectivity index (χ2n) is 4.82. The Hall–Kier alpha value is -1.39. The predicted molar refractivity (Wildman–Crippen MR) is 76.5 cm³/mol. The topological polar surface area (TPSA) is 36.3 Å². The zero-order chi connectivity index (χ0) is 13.7. The van der Waals surface area contributed by atoms with Crippen molar-refractivity contribution in [3.63, 3.8) is 0 Å². The van der Waals surface area contributed by atoms with Crippen molar-refractivity contribution in [3.8, 4) is 0 Å². The van der Waals surface area contributed by atoms with E-state index in [1.165, 1.54) is 16.6 Å². The first kappa shape index (κ1) is 14.0. The summed E-state index contributed by atoms with van der Waals surface area (Å²) in [4.78, 5) is 4.44. The summed E-state index contributed by atoms with van der Waals surface area (Å²) in [7, 11) is 1.71. The third kappa shape index (κ3) is 3.55. The zero-order valence-corrected chi connectivity index (χ0v) is 12.0. The highest BCUT2D eigenvalue weighted by Gasteiger charge is 2.04. The lowest BCUT2D eigenvalue weighted by Gasteiger charge is -2.07. The smallest absolute Gasteiger partial charge is 0.0959 e. The van der Waals surface area contributed by atoms with E-state index in [1.807, 2.05) is 6.33 Å². The molecule has 104 valence electrons. The molecular formula is C15H22N2O2. The van der Waals surface area contributed by atoms with Gasteiger partial charge in [0.15, 0.2) is 0 Å². The molecule has 0 amide bonds. The Morgan fingerprint density at radius 1 is 1.11 bits per heavy atom. The van der Waals surface area contributed by atoms with Crippen LogP contribution in [0.4, 0.5) is 0 Å². The predicted octanol–water partition coefficient (Wildman–Crippen LogP) is 2.71. The Morgan fingerprint density at radius 3 is 2.68 bits per heavy atom. The van der Waals surface area contributed by atoms with Gasteiger partial charge in [0, 0.05) is 26.9 Å². The molecule has 0 N–H and O–H groups in total. The molecule has 2 aromatic rings. The summed E-state index contributed by atoms with van der Waals surface area (Å²) >= 11 is 0. The number of fused-ring (bicyclic) bond motifs is 1. The Kier molecular flexibility index (Phi) is 4.93. The van der Waals surface area contributed by atoms with Crippen molar-refractivity contribution >= 4 is 11.0 Å². The van der Waals surface area contributed by atoms with Gasteiger partial charge in [-0.2, -0.15) is 0 Å². The lowest BCUT2D eigenvalue weighted by atomic mass is 10.1. The molecule has 0 saturated heterocycles. The van der Waals surface area contributed by atoms with Gasteiger partial charge in [-0.05, 0) is 43.5 Å². The number of ether oxygens (including phenoxy) is 2. The monoisotopic (exact) mass is 262 g/mol. The zero-order valence-electron chi connectivity index (χ0n) is 12.0. The van der Waals surface area contributed by atoms with E-state index < -0.39 is 0 Å². The van der Waals surface area contributed by atoms with Crippen LogP contribution in [-0.2, 0) is 16.0 Å². The van der Waals surface area contributed by atoms with Crippen LogP contribution < -0.4 is 0 Å². The quantitative estimate of drug-likeness (QED) is 0.720. The standard InChI is InChI=1S/C15H22N2O2/c1-12-9-14-15(10-13(12)2)17(11-16-14)5-8-19-7-4-6-18-3/h9-11H,4-8H2,1-3H3. The number of hydrogen-bond donors (Lipinski definition) is 0. The molecule has 0 radical (unpaired) electrons. The van der Waals surface area contributed by atoms with Gasteiger partial charge < -0.3 is 14.0 Å². The number of methoxy groups -OCH3 is 1. The Morgan fingerprint density at radius 2 is 1.89 bits per heavy atom. The highest BCUT2D eigenvalue weighted by atomic mass is 16.5. The van der Waals surface area contributed by atoms with E-state index in [2.05, 4.69) is 35.5 Å². The normalized spacial score (nSPS) is 11.3. The lowest BCUT2D eigenvalue weighted by molar-refractivity contribution is 0.0981. The van der Waals surface area contributed by atoms with Crippen molar-refractivity contribution < 1.29 is 9.47 Å². The van der Waals surface area contributed by atoms with Crippen LogP contribution in [0.25, 0.3) is 11.0 Å². The molecule has 4 heteroatoms. The molecular weight excluding hydrogens is 240 g/mol. The lowest BCUT2D eigenvalue weighted by Crippen LogP contribution is -2.07. The van der Waals surface area contributed by atoms with Gasteiger partial charge in [-0.25, -0.2) is 4.98 Å². The number of nitrogens with zero attached hydrogens (tertiary/aromatic N) is 2. The van der Waals surface area contributed by atoms with Gasteiger partial charge >= 0.3 is 0 Å². The number of imidazole rings is 1. The number of hydrogen-bond acceptors (Lipinski definition) is 3. The van der Waals surface area contributed by atoms with Gasteiger partial charge in [-0.15, -0.1) is 0 Å². The van der Waals surface area contributed by atoms with E-state index in [4.69, 9.17) is 9.47 Å². The van der Waals surface area contributed by atoms with Gasteiger partial charge in [0.25, 0.3) is 0 Å². The summed E-state index contributed by atoms with van der Waals surface area (Å²) in [5, 5.41) is 0.